The maximum absolute atomic E-state index is 13.9. The number of aliphatic hydroxyl groups is 2. The molecule has 1 unspecified atom stereocenters. The molecule has 2 aliphatic carbocycles. The van der Waals surface area contributed by atoms with Crippen LogP contribution in [0, 0.1) is 22.2 Å². The molecule has 3 aliphatic heterocycles. The summed E-state index contributed by atoms with van der Waals surface area (Å²) >= 11 is 0. The molecule has 200 valence electrons. The molecule has 10 nitrogen and oxygen atoms in total. The lowest BCUT2D eigenvalue weighted by molar-refractivity contribution is -0.340. The first kappa shape index (κ1) is 24.8. The summed E-state index contributed by atoms with van der Waals surface area (Å²) in [6, 6.07) is 1.72. The molecule has 0 radical (unpaired) electrons. The van der Waals surface area contributed by atoms with Crippen LogP contribution in [0.2, 0.25) is 0 Å². The van der Waals surface area contributed by atoms with Crippen LogP contribution in [0.3, 0.4) is 0 Å². The largest absolute Gasteiger partial charge is 0.472 e. The van der Waals surface area contributed by atoms with E-state index in [-0.39, 0.29) is 0 Å². The van der Waals surface area contributed by atoms with Crippen molar-refractivity contribution in [2.75, 3.05) is 7.11 Å². The van der Waals surface area contributed by atoms with Gasteiger partial charge in [0.15, 0.2) is 11.7 Å². The number of hydrogen-bond acceptors (Lipinski definition) is 10. The number of esters is 2. The fraction of sp³-hybridized carbons (Fsp3) is 0.667. The zero-order chi connectivity index (χ0) is 27.0. The lowest BCUT2D eigenvalue weighted by Gasteiger charge is -2.59. The maximum atomic E-state index is 13.9. The van der Waals surface area contributed by atoms with Crippen molar-refractivity contribution in [1.82, 2.24) is 0 Å². The second-order valence-corrected chi connectivity index (χ2v) is 12.3. The third kappa shape index (κ3) is 2.28. The van der Waals surface area contributed by atoms with E-state index in [0.29, 0.717) is 18.4 Å². The normalized spacial score (nSPS) is 51.2. The van der Waals surface area contributed by atoms with Crippen LogP contribution in [0.25, 0.3) is 0 Å². The van der Waals surface area contributed by atoms with Crippen molar-refractivity contribution in [3.63, 3.8) is 0 Å². The summed E-state index contributed by atoms with van der Waals surface area (Å²) in [7, 11) is 1.23. The van der Waals surface area contributed by atoms with Crippen LogP contribution in [0.15, 0.2) is 35.2 Å². The second kappa shape index (κ2) is 6.72. The first-order valence-electron chi connectivity index (χ1n) is 12.5. The van der Waals surface area contributed by atoms with Gasteiger partial charge in [0, 0.05) is 22.5 Å². The van der Waals surface area contributed by atoms with Crippen molar-refractivity contribution in [3.05, 3.63) is 36.3 Å². The van der Waals surface area contributed by atoms with Crippen LogP contribution in [-0.2, 0) is 33.3 Å². The van der Waals surface area contributed by atoms with Crippen LogP contribution in [0.5, 0.6) is 0 Å². The molecule has 5 aliphatic rings. The van der Waals surface area contributed by atoms with E-state index >= 15 is 0 Å². The van der Waals surface area contributed by atoms with Gasteiger partial charge in [-0.2, -0.15) is 0 Å². The number of epoxide rings is 1. The predicted molar refractivity (Wildman–Crippen MR) is 123 cm³/mol. The van der Waals surface area contributed by atoms with Gasteiger partial charge in [0.1, 0.15) is 17.3 Å². The Morgan fingerprint density at radius 1 is 1.14 bits per heavy atom. The van der Waals surface area contributed by atoms with E-state index in [1.54, 1.807) is 19.9 Å². The molecule has 2 saturated carbocycles. The summed E-state index contributed by atoms with van der Waals surface area (Å²) in [5.74, 6) is -5.08. The van der Waals surface area contributed by atoms with Crippen molar-refractivity contribution < 1.29 is 48.0 Å². The number of methoxy groups -OCH3 is 1. The van der Waals surface area contributed by atoms with Crippen molar-refractivity contribution in [2.24, 2.45) is 22.2 Å². The highest BCUT2D eigenvalue weighted by molar-refractivity contribution is 6.00. The molecular weight excluding hydrogens is 484 g/mol. The Hall–Kier alpha value is -2.53. The van der Waals surface area contributed by atoms with Gasteiger partial charge in [-0.25, -0.2) is 9.59 Å². The molecule has 3 saturated heterocycles. The summed E-state index contributed by atoms with van der Waals surface area (Å²) in [4.78, 5) is 39.3. The van der Waals surface area contributed by atoms with E-state index in [4.69, 9.17) is 23.4 Å². The smallest absolute Gasteiger partial charge is 0.339 e. The molecule has 6 rings (SSSR count). The van der Waals surface area contributed by atoms with Gasteiger partial charge in [0.05, 0.1) is 25.1 Å². The van der Waals surface area contributed by atoms with Crippen LogP contribution in [0.4, 0.5) is 0 Å². The lowest BCUT2D eigenvalue weighted by Crippen LogP contribution is -2.70. The zero-order valence-electron chi connectivity index (χ0n) is 21.7. The monoisotopic (exact) mass is 516 g/mol. The molecule has 1 aromatic heterocycles. The Morgan fingerprint density at radius 3 is 2.46 bits per heavy atom. The quantitative estimate of drug-likeness (QED) is 0.347. The van der Waals surface area contributed by atoms with E-state index < -0.39 is 74.7 Å². The number of ether oxygens (including phenoxy) is 4. The first-order chi connectivity index (χ1) is 17.1. The maximum Gasteiger partial charge on any atom is 0.339 e. The SMILES string of the molecule is COC(=O)/C=C\[C@]1(C)[C@H]2CC[C@@]3(C)C(c4ccoc4)OC(=O)[C@H]4O[C@]43[C@]2(C)[C@]2(O)OC(C)(C)C(=O)[C@@]21O. The number of rotatable bonds is 3. The van der Waals surface area contributed by atoms with Gasteiger partial charge in [0.2, 0.25) is 11.6 Å². The minimum Gasteiger partial charge on any atom is -0.472 e. The Labute approximate surface area is 213 Å². The standard InChI is InChI=1S/C27H32O10/c1-21(2)20(30)25(31)22(3,11-8-16(28)33-6)15-7-10-23(4)17(14-9-12-34-13-14)35-19(29)18-26(23,36-18)24(15,5)27(25,32)37-21/h8-9,11-13,15,17-18,31-32H,7,10H2,1-6H3/b11-8-/t15-,17?,18-,22-,23+,24-,25+,26-,27+/m1/s1. The van der Waals surface area contributed by atoms with Crippen LogP contribution >= 0.6 is 0 Å². The summed E-state index contributed by atoms with van der Waals surface area (Å²) in [6.45, 7) is 8.27. The van der Waals surface area contributed by atoms with Crippen molar-refractivity contribution in [2.45, 2.75) is 82.3 Å². The Bertz CT molecular complexity index is 1250. The molecule has 37 heavy (non-hydrogen) atoms. The van der Waals surface area contributed by atoms with Gasteiger partial charge in [-0.3, -0.25) is 4.79 Å². The lowest BCUT2D eigenvalue weighted by atomic mass is 9.45. The minimum absolute atomic E-state index is 0.403. The van der Waals surface area contributed by atoms with Crippen LogP contribution < -0.4 is 0 Å². The predicted octanol–water partition coefficient (Wildman–Crippen LogP) is 1.98. The number of cyclic esters (lactones) is 1. The third-order valence-corrected chi connectivity index (χ3v) is 10.5. The number of furan rings is 1. The van der Waals surface area contributed by atoms with Gasteiger partial charge >= 0.3 is 11.9 Å². The van der Waals surface area contributed by atoms with E-state index in [1.165, 1.54) is 39.6 Å². The van der Waals surface area contributed by atoms with Crippen molar-refractivity contribution in [3.8, 4) is 0 Å². The molecular formula is C27H32O10. The minimum atomic E-state index is -2.46. The first-order valence-corrected chi connectivity index (χ1v) is 12.5. The average molecular weight is 517 g/mol. The number of carbonyl (C=O) groups is 3. The van der Waals surface area contributed by atoms with Gasteiger partial charge in [-0.1, -0.05) is 26.8 Å². The molecule has 1 spiro atoms. The Balaban J connectivity index is 1.62. The summed E-state index contributed by atoms with van der Waals surface area (Å²) in [5.41, 5.74) is -8.55. The van der Waals surface area contributed by atoms with E-state index in [9.17, 15) is 24.6 Å². The third-order valence-electron chi connectivity index (χ3n) is 10.5. The Morgan fingerprint density at radius 2 is 1.84 bits per heavy atom. The molecule has 0 aromatic carbocycles. The molecule has 0 amide bonds. The number of Topliss-reactive ketones (excluding diaryl/α,β-unsaturated/α-hetero) is 1. The van der Waals surface area contributed by atoms with Crippen LogP contribution in [0.1, 0.15) is 59.1 Å². The molecule has 2 N–H and O–H groups in total. The molecule has 5 fully saturated rings. The number of hydrogen-bond donors (Lipinski definition) is 2. The highest BCUT2D eigenvalue weighted by atomic mass is 16.7. The van der Waals surface area contributed by atoms with Crippen molar-refractivity contribution >= 4 is 17.7 Å². The number of carbonyl (C=O) groups excluding carboxylic acids is 3. The molecule has 10 heteroatoms. The highest BCUT2D eigenvalue weighted by Crippen LogP contribution is 2.84. The molecule has 9 atom stereocenters. The Kier molecular flexibility index (Phi) is 4.50. The average Bonchev–Trinajstić information content (AvgIpc) is 3.33. The van der Waals surface area contributed by atoms with Gasteiger partial charge in [0.25, 0.3) is 0 Å². The van der Waals surface area contributed by atoms with E-state index in [0.717, 1.165) is 6.08 Å². The summed E-state index contributed by atoms with van der Waals surface area (Å²) < 4.78 is 28.4. The number of fused-ring (bicyclic) bond motifs is 3. The molecule has 0 bridgehead atoms. The fourth-order valence-corrected chi connectivity index (χ4v) is 8.82. The van der Waals surface area contributed by atoms with Gasteiger partial charge in [-0.05, 0) is 38.7 Å². The van der Waals surface area contributed by atoms with E-state index in [2.05, 4.69) is 0 Å². The molecule has 1 aromatic rings. The zero-order valence-corrected chi connectivity index (χ0v) is 21.7. The summed E-state index contributed by atoms with van der Waals surface area (Å²) in [6.07, 6.45) is 4.68. The number of ketones is 1. The van der Waals surface area contributed by atoms with E-state index in [1.807, 2.05) is 6.92 Å². The highest BCUT2D eigenvalue weighted by Gasteiger charge is 2.98. The van der Waals surface area contributed by atoms with Gasteiger partial charge in [-0.15, -0.1) is 0 Å². The second-order valence-electron chi connectivity index (χ2n) is 12.3. The summed E-state index contributed by atoms with van der Waals surface area (Å²) in [5, 5.41) is 25.0. The molecule has 4 heterocycles. The fourth-order valence-electron chi connectivity index (χ4n) is 8.82. The van der Waals surface area contributed by atoms with Gasteiger partial charge < -0.3 is 33.6 Å². The topological polar surface area (TPSA) is 145 Å². The van der Waals surface area contributed by atoms with Crippen LogP contribution in [-0.4, -0.2) is 63.7 Å². The van der Waals surface area contributed by atoms with Crippen molar-refractivity contribution in [1.29, 1.82) is 0 Å².